The lowest BCUT2D eigenvalue weighted by molar-refractivity contribution is 0.476. The number of azo groups is 2. The fraction of sp³-hybridized carbons (Fsp3) is 0. The van der Waals surface area contributed by atoms with Crippen molar-refractivity contribution in [3.05, 3.63) is 109 Å². The van der Waals surface area contributed by atoms with Crippen molar-refractivity contribution in [2.45, 2.75) is 19.6 Å². The highest BCUT2D eigenvalue weighted by Crippen LogP contribution is 2.42. The van der Waals surface area contributed by atoms with Gasteiger partial charge in [-0.1, -0.05) is 18.2 Å². The Kier molecular flexibility index (Phi) is 11.6. The van der Waals surface area contributed by atoms with Gasteiger partial charge in [0.15, 0.2) is 5.82 Å². The maximum atomic E-state index is 14.4. The number of anilines is 4. The van der Waals surface area contributed by atoms with Gasteiger partial charge in [0.25, 0.3) is 46.4 Å². The first-order valence-electron chi connectivity index (χ1n) is 16.8. The summed E-state index contributed by atoms with van der Waals surface area (Å²) in [7, 11) is -20.7. The van der Waals surface area contributed by atoms with Crippen molar-refractivity contribution >= 4 is 108 Å². The number of rotatable bonds is 12. The molecule has 6 N–H and O–H groups in total. The van der Waals surface area contributed by atoms with E-state index in [1.165, 1.54) is 30.3 Å². The van der Waals surface area contributed by atoms with Crippen molar-refractivity contribution in [1.29, 1.82) is 0 Å². The number of fused-ring (bicyclic) bond motifs is 2. The van der Waals surface area contributed by atoms with Gasteiger partial charge in [0.2, 0.25) is 11.8 Å². The average molecular weight is 965 g/mol. The maximum absolute atomic E-state index is 14.4. The molecule has 7 aromatic rings. The highest BCUT2D eigenvalue weighted by molar-refractivity contribution is 7.87. The third kappa shape index (κ3) is 9.47. The Bertz CT molecular complexity index is 3630. The van der Waals surface area contributed by atoms with E-state index in [1.54, 1.807) is 0 Å². The topological polar surface area (TPSA) is 343 Å². The zero-order chi connectivity index (χ0) is 46.5. The summed E-state index contributed by atoms with van der Waals surface area (Å²) in [6.07, 6.45) is -0.937. The molecular formula is C34H20F4N10O12S4. The molecule has 0 saturated heterocycles. The van der Waals surface area contributed by atoms with Crippen LogP contribution in [0.2, 0.25) is 0 Å². The summed E-state index contributed by atoms with van der Waals surface area (Å²) in [5.41, 5.74) is -2.56. The summed E-state index contributed by atoms with van der Waals surface area (Å²) < 4.78 is 195. The number of hydrogen-bond donors (Lipinski definition) is 6. The monoisotopic (exact) mass is 964 g/mol. The van der Waals surface area contributed by atoms with Crippen LogP contribution in [-0.4, -0.2) is 71.8 Å². The predicted octanol–water partition coefficient (Wildman–Crippen LogP) is 7.43. The molecule has 0 bridgehead atoms. The van der Waals surface area contributed by atoms with E-state index in [0.717, 1.165) is 30.3 Å². The molecule has 330 valence electrons. The molecule has 0 aliphatic rings. The van der Waals surface area contributed by atoms with Crippen molar-refractivity contribution in [3.63, 3.8) is 0 Å². The number of benzene rings is 5. The van der Waals surface area contributed by atoms with Crippen LogP contribution in [0.3, 0.4) is 0 Å². The Hall–Kier alpha value is -7.06. The second-order valence-corrected chi connectivity index (χ2v) is 18.3. The molecule has 2 heterocycles. The van der Waals surface area contributed by atoms with Crippen LogP contribution in [-0.2, 0) is 40.5 Å². The smallest absolute Gasteiger partial charge is 0.313 e. The van der Waals surface area contributed by atoms with Crippen molar-refractivity contribution in [3.8, 4) is 0 Å². The molecule has 22 nitrogen and oxygen atoms in total. The van der Waals surface area contributed by atoms with E-state index in [0.29, 0.717) is 24.5 Å². The standard InChI is InChI=1S/C34H20F4N10O12S4/c35-28-13-29(44-34(38)43-28)41-22-9-8-20(17-2-1-3-25(30(17)22)62(52,53)54)46-45-19-6-7-21(18-10-15(61(49,50)51)4-5-16(18)19)47-48-24-12-26(63(55,56)57)23(11-27(24)64(58,59)60)42-33-31(36)32(37)39-14-40-33/h1-14H,(H,39,40,42)(H,41,43,44)(H,49,50,51)(H,52,53,54)(H,55,56,57)(H,58,59,60). The molecule has 2 aromatic heterocycles. The fourth-order valence-electron chi connectivity index (χ4n) is 5.91. The van der Waals surface area contributed by atoms with E-state index < -0.39 is 107 Å². The molecule has 30 heteroatoms. The van der Waals surface area contributed by atoms with Crippen LogP contribution in [0.4, 0.5) is 63.3 Å². The van der Waals surface area contributed by atoms with Crippen molar-refractivity contribution < 1.29 is 69.4 Å². The molecular weight excluding hydrogens is 945 g/mol. The first-order chi connectivity index (χ1) is 29.9. The summed E-state index contributed by atoms with van der Waals surface area (Å²) in [5, 5.41) is 20.1. The van der Waals surface area contributed by atoms with Gasteiger partial charge in [-0.25, -0.2) is 9.97 Å². The second-order valence-electron chi connectivity index (χ2n) is 12.7. The lowest BCUT2D eigenvalue weighted by Crippen LogP contribution is -2.09. The molecule has 0 fully saturated rings. The first kappa shape index (κ1) is 45.0. The normalized spacial score (nSPS) is 12.8. The third-order valence-corrected chi connectivity index (χ3v) is 12.1. The SMILES string of the molecule is O=S(=O)(O)c1ccc2c(N=Nc3ccc(Nc4cc(F)nc(F)n4)c4c(S(=O)(=O)O)cccc34)ccc(N=Nc3cc(S(=O)(=O)O)c(Nc4ncnc(F)c4F)cc3S(=O)(=O)O)c2c1. The Morgan fingerprint density at radius 2 is 1.12 bits per heavy atom. The van der Waals surface area contributed by atoms with Gasteiger partial charge in [-0.2, -0.15) is 61.2 Å². The van der Waals surface area contributed by atoms with E-state index in [2.05, 4.69) is 45.7 Å². The molecule has 0 saturated carbocycles. The third-order valence-electron chi connectivity index (χ3n) is 8.58. The number of aromatic nitrogens is 4. The summed E-state index contributed by atoms with van der Waals surface area (Å²) in [6.45, 7) is 0. The minimum absolute atomic E-state index is 0.00304. The van der Waals surface area contributed by atoms with Gasteiger partial charge < -0.3 is 10.6 Å². The Labute approximate surface area is 355 Å². The molecule has 0 amide bonds. The number of nitrogens with zero attached hydrogens (tertiary/aromatic N) is 8. The zero-order valence-electron chi connectivity index (χ0n) is 30.9. The van der Waals surface area contributed by atoms with E-state index in [1.807, 2.05) is 5.32 Å². The van der Waals surface area contributed by atoms with Gasteiger partial charge in [0.1, 0.15) is 32.5 Å². The van der Waals surface area contributed by atoms with E-state index >= 15 is 0 Å². The highest BCUT2D eigenvalue weighted by Gasteiger charge is 2.27. The quantitative estimate of drug-likeness (QED) is 0.0228. The molecule has 64 heavy (non-hydrogen) atoms. The summed E-state index contributed by atoms with van der Waals surface area (Å²) >= 11 is 0. The van der Waals surface area contributed by atoms with Crippen LogP contribution >= 0.6 is 0 Å². The van der Waals surface area contributed by atoms with Crippen molar-refractivity contribution in [2.75, 3.05) is 10.6 Å². The summed E-state index contributed by atoms with van der Waals surface area (Å²) in [4.78, 5) is 8.84. The van der Waals surface area contributed by atoms with Crippen molar-refractivity contribution in [1.82, 2.24) is 19.9 Å². The lowest BCUT2D eigenvalue weighted by atomic mass is 10.1. The molecule has 5 aromatic carbocycles. The van der Waals surface area contributed by atoms with Crippen LogP contribution in [0.1, 0.15) is 0 Å². The van der Waals surface area contributed by atoms with E-state index in [-0.39, 0.29) is 44.3 Å². The van der Waals surface area contributed by atoms with Gasteiger partial charge in [0, 0.05) is 33.3 Å². The molecule has 0 atom stereocenters. The van der Waals surface area contributed by atoms with Crippen molar-refractivity contribution in [2.24, 2.45) is 20.5 Å². The molecule has 0 unspecified atom stereocenters. The predicted molar refractivity (Wildman–Crippen MR) is 212 cm³/mol. The molecule has 0 radical (unpaired) electrons. The molecule has 0 spiro atoms. The molecule has 0 aliphatic carbocycles. The summed E-state index contributed by atoms with van der Waals surface area (Å²) in [6, 6.07) is 12.8. The maximum Gasteiger partial charge on any atom is 0.313 e. The Morgan fingerprint density at radius 3 is 1.75 bits per heavy atom. The van der Waals surface area contributed by atoms with E-state index in [9.17, 15) is 69.4 Å². The van der Waals surface area contributed by atoms with E-state index in [4.69, 9.17) is 0 Å². The van der Waals surface area contributed by atoms with Crippen LogP contribution < -0.4 is 10.6 Å². The highest BCUT2D eigenvalue weighted by atomic mass is 32.2. The van der Waals surface area contributed by atoms with Gasteiger partial charge in [-0.15, -0.1) is 20.5 Å². The van der Waals surface area contributed by atoms with Crippen LogP contribution in [0.15, 0.2) is 125 Å². The summed E-state index contributed by atoms with van der Waals surface area (Å²) in [5.74, 6) is -6.17. The zero-order valence-corrected chi connectivity index (χ0v) is 34.1. The lowest BCUT2D eigenvalue weighted by Gasteiger charge is -2.13. The van der Waals surface area contributed by atoms with Gasteiger partial charge in [-0.05, 0) is 54.6 Å². The van der Waals surface area contributed by atoms with Gasteiger partial charge >= 0.3 is 6.08 Å². The number of hydrogen-bond acceptors (Lipinski definition) is 18. The largest absolute Gasteiger partial charge is 0.339 e. The number of halogens is 4. The van der Waals surface area contributed by atoms with Crippen LogP contribution in [0.25, 0.3) is 21.5 Å². The van der Waals surface area contributed by atoms with Crippen LogP contribution in [0.5, 0.6) is 0 Å². The minimum atomic E-state index is -5.39. The van der Waals surface area contributed by atoms with Crippen LogP contribution in [0, 0.1) is 23.8 Å². The number of nitrogens with one attached hydrogen (secondary N) is 2. The molecule has 0 aliphatic heterocycles. The minimum Gasteiger partial charge on any atom is -0.339 e. The first-order valence-corrected chi connectivity index (χ1v) is 22.6. The Morgan fingerprint density at radius 1 is 0.516 bits per heavy atom. The van der Waals surface area contributed by atoms with Gasteiger partial charge in [-0.3, -0.25) is 18.2 Å². The van der Waals surface area contributed by atoms with Gasteiger partial charge in [0.05, 0.1) is 27.6 Å². The molecule has 7 rings (SSSR count). The fourth-order valence-corrected chi connectivity index (χ4v) is 8.42. The average Bonchev–Trinajstić information content (AvgIpc) is 3.19. The second kappa shape index (κ2) is 16.6. The Balaban J connectivity index is 1.36.